The minimum absolute atomic E-state index is 0.0323. The van der Waals surface area contributed by atoms with Gasteiger partial charge in [0, 0.05) is 34.4 Å². The van der Waals surface area contributed by atoms with Crippen LogP contribution < -0.4 is 10.1 Å². The molecule has 0 atom stereocenters. The van der Waals surface area contributed by atoms with Gasteiger partial charge in [-0.15, -0.1) is 0 Å². The first-order valence-corrected chi connectivity index (χ1v) is 7.18. The van der Waals surface area contributed by atoms with E-state index in [2.05, 4.69) is 21.2 Å². The maximum absolute atomic E-state index is 10.8. The molecule has 0 unspecified atom stereocenters. The van der Waals surface area contributed by atoms with Crippen LogP contribution in [0.3, 0.4) is 0 Å². The number of non-ortho nitro benzene ring substituents is 1. The Balaban J connectivity index is 2.19. The quantitative estimate of drug-likeness (QED) is 0.614. The molecule has 2 aromatic rings. The van der Waals surface area contributed by atoms with E-state index in [0.717, 1.165) is 10.2 Å². The molecule has 0 aliphatic rings. The first-order valence-electron chi connectivity index (χ1n) is 6.01. The number of methoxy groups -OCH3 is 1. The summed E-state index contributed by atoms with van der Waals surface area (Å²) in [5.41, 5.74) is 1.59. The number of anilines is 1. The number of nitro groups is 1. The molecular weight excluding hydrogens is 360 g/mol. The second-order valence-corrected chi connectivity index (χ2v) is 5.50. The van der Waals surface area contributed by atoms with Crippen molar-refractivity contribution in [2.24, 2.45) is 0 Å². The lowest BCUT2D eigenvalue weighted by Crippen LogP contribution is -2.02. The second kappa shape index (κ2) is 6.78. The predicted octanol–water partition coefficient (Wildman–Crippen LogP) is 4.63. The summed E-state index contributed by atoms with van der Waals surface area (Å²) in [6.07, 6.45) is 0. The third-order valence-corrected chi connectivity index (χ3v) is 4.09. The summed E-state index contributed by atoms with van der Waals surface area (Å²) >= 11 is 9.28. The molecule has 2 rings (SSSR count). The van der Waals surface area contributed by atoms with Gasteiger partial charge in [0.05, 0.1) is 17.1 Å². The summed E-state index contributed by atoms with van der Waals surface area (Å²) in [5.74, 6) is 0.598. The average Bonchev–Trinajstić information content (AvgIpc) is 2.48. The molecule has 0 aliphatic carbocycles. The minimum Gasteiger partial charge on any atom is -0.496 e. The number of nitrogens with zero attached hydrogens (tertiary/aromatic N) is 1. The fraction of sp³-hybridized carbons (Fsp3) is 0.143. The van der Waals surface area contributed by atoms with Crippen molar-refractivity contribution >= 4 is 38.9 Å². The van der Waals surface area contributed by atoms with Crippen LogP contribution in [-0.4, -0.2) is 12.0 Å². The first-order chi connectivity index (χ1) is 10.0. The molecule has 0 amide bonds. The van der Waals surface area contributed by atoms with E-state index in [9.17, 15) is 10.1 Å². The fourth-order valence-corrected chi connectivity index (χ4v) is 2.32. The fourth-order valence-electron chi connectivity index (χ4n) is 1.82. The molecule has 0 spiro atoms. The summed E-state index contributed by atoms with van der Waals surface area (Å²) in [5, 5.41) is 14.6. The van der Waals surface area contributed by atoms with Crippen LogP contribution >= 0.6 is 27.5 Å². The number of nitro benzene ring substituents is 1. The SMILES string of the molecule is COc1ccc([N+](=O)[O-])cc1CNc1ccc(Cl)c(Br)c1. The van der Waals surface area contributed by atoms with Crippen LogP contribution in [0.15, 0.2) is 40.9 Å². The van der Waals surface area contributed by atoms with Crippen molar-refractivity contribution in [2.75, 3.05) is 12.4 Å². The van der Waals surface area contributed by atoms with Crippen molar-refractivity contribution in [2.45, 2.75) is 6.54 Å². The van der Waals surface area contributed by atoms with Crippen LogP contribution in [0, 0.1) is 10.1 Å². The van der Waals surface area contributed by atoms with Crippen LogP contribution in [0.2, 0.25) is 5.02 Å². The molecule has 0 fully saturated rings. The van der Waals surface area contributed by atoms with Gasteiger partial charge in [-0.1, -0.05) is 11.6 Å². The maximum Gasteiger partial charge on any atom is 0.270 e. The Morgan fingerprint density at radius 2 is 2.10 bits per heavy atom. The molecule has 2 aromatic carbocycles. The summed E-state index contributed by atoms with van der Waals surface area (Å²) in [6.45, 7) is 0.402. The summed E-state index contributed by atoms with van der Waals surface area (Å²) < 4.78 is 6.00. The van der Waals surface area contributed by atoms with E-state index in [-0.39, 0.29) is 5.69 Å². The number of hydrogen-bond donors (Lipinski definition) is 1. The molecule has 0 aromatic heterocycles. The van der Waals surface area contributed by atoms with Crippen LogP contribution in [0.25, 0.3) is 0 Å². The van der Waals surface area contributed by atoms with Crippen molar-refractivity contribution in [3.05, 3.63) is 61.6 Å². The third kappa shape index (κ3) is 3.86. The Labute approximate surface area is 135 Å². The molecule has 1 N–H and O–H groups in total. The molecule has 110 valence electrons. The number of benzene rings is 2. The highest BCUT2D eigenvalue weighted by Gasteiger charge is 2.11. The van der Waals surface area contributed by atoms with Gasteiger partial charge >= 0.3 is 0 Å². The first kappa shape index (κ1) is 15.6. The van der Waals surface area contributed by atoms with E-state index in [0.29, 0.717) is 22.9 Å². The van der Waals surface area contributed by atoms with E-state index < -0.39 is 4.92 Å². The number of halogens is 2. The van der Waals surface area contributed by atoms with Gasteiger partial charge in [0.15, 0.2) is 0 Å². The van der Waals surface area contributed by atoms with E-state index in [1.54, 1.807) is 12.1 Å². The molecule has 0 heterocycles. The van der Waals surface area contributed by atoms with E-state index >= 15 is 0 Å². The standard InChI is InChI=1S/C14H12BrClN2O3/c1-21-14-5-3-11(18(19)20)6-9(14)8-17-10-2-4-13(16)12(15)7-10/h2-7,17H,8H2,1H3. The summed E-state index contributed by atoms with van der Waals surface area (Å²) in [7, 11) is 1.53. The zero-order valence-corrected chi connectivity index (χ0v) is 13.4. The molecule has 0 saturated heterocycles. The van der Waals surface area contributed by atoms with Crippen LogP contribution in [0.5, 0.6) is 5.75 Å². The van der Waals surface area contributed by atoms with E-state index in [1.807, 2.05) is 12.1 Å². The smallest absolute Gasteiger partial charge is 0.270 e. The van der Waals surface area contributed by atoms with Gasteiger partial charge in [0.25, 0.3) is 5.69 Å². The Morgan fingerprint density at radius 1 is 1.33 bits per heavy atom. The number of rotatable bonds is 5. The predicted molar refractivity (Wildman–Crippen MR) is 86.1 cm³/mol. The molecule has 0 aliphatic heterocycles. The monoisotopic (exact) mass is 370 g/mol. The number of ether oxygens (including phenoxy) is 1. The molecule has 21 heavy (non-hydrogen) atoms. The lowest BCUT2D eigenvalue weighted by molar-refractivity contribution is -0.384. The highest BCUT2D eigenvalue weighted by molar-refractivity contribution is 9.10. The average molecular weight is 372 g/mol. The Morgan fingerprint density at radius 3 is 2.71 bits per heavy atom. The lowest BCUT2D eigenvalue weighted by atomic mass is 10.1. The zero-order valence-electron chi connectivity index (χ0n) is 11.1. The van der Waals surface area contributed by atoms with Gasteiger partial charge in [-0.05, 0) is 40.2 Å². The molecule has 0 radical (unpaired) electrons. The van der Waals surface area contributed by atoms with Gasteiger partial charge < -0.3 is 10.1 Å². The molecule has 5 nitrogen and oxygen atoms in total. The van der Waals surface area contributed by atoms with Crippen LogP contribution in [0.4, 0.5) is 11.4 Å². The Hall–Kier alpha value is -1.79. The number of nitrogens with one attached hydrogen (secondary N) is 1. The topological polar surface area (TPSA) is 64.4 Å². The molecular formula is C14H12BrClN2O3. The molecule has 7 heteroatoms. The van der Waals surface area contributed by atoms with E-state index in [1.165, 1.54) is 19.2 Å². The van der Waals surface area contributed by atoms with Crippen molar-refractivity contribution in [1.82, 2.24) is 0 Å². The molecule has 0 bridgehead atoms. The van der Waals surface area contributed by atoms with Gasteiger partial charge in [-0.3, -0.25) is 10.1 Å². The summed E-state index contributed by atoms with van der Waals surface area (Å²) in [4.78, 5) is 10.4. The van der Waals surface area contributed by atoms with Gasteiger partial charge in [-0.2, -0.15) is 0 Å². The van der Waals surface area contributed by atoms with Crippen LogP contribution in [-0.2, 0) is 6.54 Å². The third-order valence-electron chi connectivity index (χ3n) is 2.88. The van der Waals surface area contributed by atoms with Crippen molar-refractivity contribution in [3.8, 4) is 5.75 Å². The van der Waals surface area contributed by atoms with Gasteiger partial charge in [-0.25, -0.2) is 0 Å². The van der Waals surface area contributed by atoms with Crippen molar-refractivity contribution in [3.63, 3.8) is 0 Å². The highest BCUT2D eigenvalue weighted by Crippen LogP contribution is 2.28. The zero-order chi connectivity index (χ0) is 15.4. The van der Waals surface area contributed by atoms with Gasteiger partial charge in [0.1, 0.15) is 5.75 Å². The summed E-state index contributed by atoms with van der Waals surface area (Å²) in [6, 6.07) is 9.94. The second-order valence-electron chi connectivity index (χ2n) is 4.24. The van der Waals surface area contributed by atoms with Crippen LogP contribution in [0.1, 0.15) is 5.56 Å². The molecule has 0 saturated carbocycles. The minimum atomic E-state index is -0.429. The van der Waals surface area contributed by atoms with Crippen molar-refractivity contribution in [1.29, 1.82) is 0 Å². The lowest BCUT2D eigenvalue weighted by Gasteiger charge is -2.11. The largest absolute Gasteiger partial charge is 0.496 e. The maximum atomic E-state index is 10.8. The van der Waals surface area contributed by atoms with E-state index in [4.69, 9.17) is 16.3 Å². The highest BCUT2D eigenvalue weighted by atomic mass is 79.9. The van der Waals surface area contributed by atoms with Crippen molar-refractivity contribution < 1.29 is 9.66 Å². The number of hydrogen-bond acceptors (Lipinski definition) is 4. The Bertz CT molecular complexity index is 679. The van der Waals surface area contributed by atoms with Gasteiger partial charge in [0.2, 0.25) is 0 Å². The normalized spacial score (nSPS) is 10.2. The Kier molecular flexibility index (Phi) is 5.03.